The molecule has 5 aliphatic rings. The summed E-state index contributed by atoms with van der Waals surface area (Å²) in [6.07, 6.45) is 17.9. The first kappa shape index (κ1) is 15.4. The van der Waals surface area contributed by atoms with E-state index in [0.717, 1.165) is 24.0 Å². The second-order valence-electron chi connectivity index (χ2n) is 7.33. The molecule has 1 saturated carbocycles. The van der Waals surface area contributed by atoms with E-state index >= 15 is 0 Å². The number of allylic oxidation sites excluding steroid dienone is 11. The zero-order chi connectivity index (χ0) is 18.1. The number of hydrogen-bond donors (Lipinski definition) is 0. The first-order valence-electron chi connectivity index (χ1n) is 8.80. The van der Waals surface area contributed by atoms with Gasteiger partial charge in [-0.15, -0.1) is 0 Å². The summed E-state index contributed by atoms with van der Waals surface area (Å²) < 4.78 is 11.2. The Morgan fingerprint density at radius 2 is 1.81 bits per heavy atom. The largest absolute Gasteiger partial charge is 0.430 e. The molecule has 26 heavy (non-hydrogen) atoms. The van der Waals surface area contributed by atoms with Crippen LogP contribution in [0.3, 0.4) is 0 Å². The van der Waals surface area contributed by atoms with Gasteiger partial charge in [0.15, 0.2) is 0 Å². The van der Waals surface area contributed by atoms with Gasteiger partial charge < -0.3 is 9.47 Å². The Hall–Kier alpha value is -2.88. The summed E-state index contributed by atoms with van der Waals surface area (Å²) in [5.74, 6) is 0.646. The Morgan fingerprint density at radius 1 is 1.04 bits per heavy atom. The topological polar surface area (TPSA) is 52.6 Å². The van der Waals surface area contributed by atoms with Gasteiger partial charge in [-0.3, -0.25) is 9.59 Å². The zero-order valence-electron chi connectivity index (χ0n) is 14.7. The van der Waals surface area contributed by atoms with Crippen LogP contribution < -0.4 is 0 Å². The van der Waals surface area contributed by atoms with E-state index in [-0.39, 0.29) is 22.8 Å². The number of esters is 2. The van der Waals surface area contributed by atoms with Gasteiger partial charge in [-0.1, -0.05) is 36.5 Å². The Labute approximate surface area is 151 Å². The maximum atomic E-state index is 11.7. The van der Waals surface area contributed by atoms with Crippen molar-refractivity contribution in [1.29, 1.82) is 0 Å². The molecule has 0 N–H and O–H groups in total. The summed E-state index contributed by atoms with van der Waals surface area (Å²) in [6.45, 7) is 2.85. The van der Waals surface area contributed by atoms with Gasteiger partial charge in [0.1, 0.15) is 11.5 Å². The molecule has 0 heterocycles. The predicted octanol–water partition coefficient (Wildman–Crippen LogP) is 3.96. The van der Waals surface area contributed by atoms with Crippen LogP contribution in [0.1, 0.15) is 26.7 Å². The van der Waals surface area contributed by atoms with Crippen molar-refractivity contribution in [2.45, 2.75) is 26.7 Å². The van der Waals surface area contributed by atoms with E-state index in [1.165, 1.54) is 25.0 Å². The molecule has 0 aromatic rings. The van der Waals surface area contributed by atoms with Crippen LogP contribution in [0, 0.1) is 10.8 Å². The van der Waals surface area contributed by atoms with Crippen molar-refractivity contribution < 1.29 is 19.1 Å². The highest BCUT2D eigenvalue weighted by Gasteiger charge is 2.75. The lowest BCUT2D eigenvalue weighted by Gasteiger charge is -2.37. The average molecular weight is 346 g/mol. The van der Waals surface area contributed by atoms with Crippen molar-refractivity contribution in [3.63, 3.8) is 0 Å². The van der Waals surface area contributed by atoms with Crippen LogP contribution in [0.2, 0.25) is 0 Å². The third-order valence-corrected chi connectivity index (χ3v) is 5.97. The fourth-order valence-electron chi connectivity index (χ4n) is 5.03. The highest BCUT2D eigenvalue weighted by atomic mass is 16.5. The summed E-state index contributed by atoms with van der Waals surface area (Å²) >= 11 is 0. The number of carbonyl (C=O) groups excluding carboxylic acids is 2. The molecular formula is C22H18O4. The molecule has 0 aromatic heterocycles. The van der Waals surface area contributed by atoms with E-state index in [1.54, 1.807) is 0 Å². The summed E-state index contributed by atoms with van der Waals surface area (Å²) in [7, 11) is 0. The van der Waals surface area contributed by atoms with Crippen LogP contribution in [0.25, 0.3) is 0 Å². The highest BCUT2D eigenvalue weighted by Crippen LogP contribution is 2.80. The minimum absolute atomic E-state index is 0.296. The molecule has 0 radical (unpaired) electrons. The highest BCUT2D eigenvalue weighted by molar-refractivity contribution is 5.76. The van der Waals surface area contributed by atoms with Crippen LogP contribution in [0.5, 0.6) is 0 Å². The van der Waals surface area contributed by atoms with Gasteiger partial charge in [0.25, 0.3) is 0 Å². The van der Waals surface area contributed by atoms with E-state index in [2.05, 4.69) is 24.3 Å². The van der Waals surface area contributed by atoms with Crippen LogP contribution in [-0.4, -0.2) is 11.9 Å². The lowest BCUT2D eigenvalue weighted by molar-refractivity contribution is -0.138. The number of rotatable bonds is 2. The van der Waals surface area contributed by atoms with Gasteiger partial charge >= 0.3 is 11.9 Å². The fraction of sp³-hybridized carbons (Fsp3) is 0.273. The molecule has 1 fully saturated rings. The van der Waals surface area contributed by atoms with Crippen molar-refractivity contribution in [3.05, 3.63) is 82.4 Å². The third-order valence-electron chi connectivity index (χ3n) is 5.97. The van der Waals surface area contributed by atoms with Crippen LogP contribution in [-0.2, 0) is 19.1 Å². The van der Waals surface area contributed by atoms with E-state index < -0.39 is 0 Å². The molecule has 0 aliphatic heterocycles. The normalized spacial score (nSPS) is 32.2. The molecule has 2 atom stereocenters. The second kappa shape index (κ2) is 4.85. The molecule has 0 aromatic carbocycles. The molecule has 2 unspecified atom stereocenters. The summed E-state index contributed by atoms with van der Waals surface area (Å²) in [6, 6.07) is 0. The van der Waals surface area contributed by atoms with E-state index in [1.807, 2.05) is 24.3 Å². The molecule has 0 saturated heterocycles. The van der Waals surface area contributed by atoms with Gasteiger partial charge in [-0.25, -0.2) is 0 Å². The maximum Gasteiger partial charge on any atom is 0.308 e. The molecule has 4 nitrogen and oxygen atoms in total. The van der Waals surface area contributed by atoms with E-state index in [9.17, 15) is 9.59 Å². The lowest BCUT2D eigenvalue weighted by Crippen LogP contribution is -2.29. The van der Waals surface area contributed by atoms with Crippen LogP contribution >= 0.6 is 0 Å². The fourth-order valence-corrected chi connectivity index (χ4v) is 5.03. The molecular weight excluding hydrogens is 328 g/mol. The smallest absolute Gasteiger partial charge is 0.308 e. The van der Waals surface area contributed by atoms with Crippen molar-refractivity contribution in [2.24, 2.45) is 10.8 Å². The van der Waals surface area contributed by atoms with Crippen molar-refractivity contribution in [1.82, 2.24) is 0 Å². The number of fused-ring (bicyclic) bond motifs is 1. The van der Waals surface area contributed by atoms with Gasteiger partial charge in [0.2, 0.25) is 0 Å². The number of carbonyl (C=O) groups is 2. The van der Waals surface area contributed by atoms with Crippen molar-refractivity contribution in [3.8, 4) is 0 Å². The van der Waals surface area contributed by atoms with Gasteiger partial charge in [-0.05, 0) is 41.7 Å². The predicted molar refractivity (Wildman–Crippen MR) is 95.3 cm³/mol. The van der Waals surface area contributed by atoms with Crippen molar-refractivity contribution >= 4 is 11.9 Å². The number of hydrogen-bond acceptors (Lipinski definition) is 4. The molecule has 0 bridgehead atoms. The molecule has 0 amide bonds. The van der Waals surface area contributed by atoms with Crippen molar-refractivity contribution in [2.75, 3.05) is 0 Å². The SMILES string of the molecule is CC(=O)OC1=CC23CC24C(=CCC3=C2C=CC=C12)C=CC=C4OC(C)=O. The number of ether oxygens (including phenoxy) is 2. The Kier molecular flexibility index (Phi) is 2.87. The summed E-state index contributed by atoms with van der Waals surface area (Å²) in [5.41, 5.74) is 3.91. The summed E-state index contributed by atoms with van der Waals surface area (Å²) in [5, 5.41) is 0. The van der Waals surface area contributed by atoms with E-state index in [4.69, 9.17) is 9.47 Å². The van der Waals surface area contributed by atoms with E-state index in [0.29, 0.717) is 11.5 Å². The first-order chi connectivity index (χ1) is 12.5. The Bertz CT molecular complexity index is 995. The lowest BCUT2D eigenvalue weighted by atomic mass is 9.68. The zero-order valence-corrected chi connectivity index (χ0v) is 14.7. The molecule has 5 rings (SSSR count). The molecule has 2 spiro atoms. The van der Waals surface area contributed by atoms with Gasteiger partial charge in [-0.2, -0.15) is 0 Å². The van der Waals surface area contributed by atoms with Crippen LogP contribution in [0.15, 0.2) is 82.4 Å². The van der Waals surface area contributed by atoms with Gasteiger partial charge in [0, 0.05) is 24.8 Å². The maximum absolute atomic E-state index is 11.7. The minimum atomic E-state index is -0.374. The molecule has 130 valence electrons. The minimum Gasteiger partial charge on any atom is -0.430 e. The second-order valence-corrected chi connectivity index (χ2v) is 7.33. The quantitative estimate of drug-likeness (QED) is 0.710. The Balaban J connectivity index is 1.71. The average Bonchev–Trinajstić information content (AvgIpc) is 2.98. The van der Waals surface area contributed by atoms with Crippen LogP contribution in [0.4, 0.5) is 0 Å². The standard InChI is InChI=1S/C22H18O4/c1-13(23)25-19-11-21-12-22(21)15(5-3-8-20(22)26-14(2)24)9-10-18(21)16-6-4-7-17(16)19/h3-9,11H,10,12H2,1-2H3. The molecule has 5 aliphatic carbocycles. The Morgan fingerprint density at radius 3 is 2.58 bits per heavy atom. The third kappa shape index (κ3) is 1.74. The first-order valence-corrected chi connectivity index (χ1v) is 8.80. The molecule has 4 heteroatoms. The summed E-state index contributed by atoms with van der Waals surface area (Å²) in [4.78, 5) is 23.3. The monoisotopic (exact) mass is 346 g/mol. The van der Waals surface area contributed by atoms with Gasteiger partial charge in [0.05, 0.1) is 5.41 Å².